The highest BCUT2D eigenvalue weighted by atomic mass is 32.1. The van der Waals surface area contributed by atoms with E-state index in [4.69, 9.17) is 9.73 Å². The topological polar surface area (TPSA) is 113 Å². The molecule has 4 aromatic rings. The molecule has 5 rings (SSSR count). The SMILES string of the molecule is COc1cccc(N(C)c2ccc(C3=N[C@@H](CC(=O)O)c4nnc(C)n4-c4sc(CO)c(C)c43)cc2)c1. The molecule has 10 heteroatoms. The van der Waals surface area contributed by atoms with Crippen LogP contribution in [-0.2, 0) is 11.4 Å². The van der Waals surface area contributed by atoms with Crippen molar-refractivity contribution < 1.29 is 19.7 Å². The molecule has 0 saturated carbocycles. The van der Waals surface area contributed by atoms with Crippen molar-refractivity contribution in [2.75, 3.05) is 19.1 Å². The van der Waals surface area contributed by atoms with Crippen molar-refractivity contribution in [3.63, 3.8) is 0 Å². The van der Waals surface area contributed by atoms with E-state index < -0.39 is 12.0 Å². The summed E-state index contributed by atoms with van der Waals surface area (Å²) in [6.07, 6.45) is -0.209. The van der Waals surface area contributed by atoms with Crippen molar-refractivity contribution in [1.29, 1.82) is 0 Å². The quantitative estimate of drug-likeness (QED) is 0.369. The Kier molecular flexibility index (Phi) is 6.53. The summed E-state index contributed by atoms with van der Waals surface area (Å²) in [6.45, 7) is 3.69. The third-order valence-corrected chi connectivity index (χ3v) is 7.84. The number of thiophene rings is 1. The molecule has 0 fully saturated rings. The van der Waals surface area contributed by atoms with Crippen LogP contribution in [0.2, 0.25) is 0 Å². The number of aliphatic hydroxyl groups is 1. The molecule has 1 atom stereocenters. The molecule has 0 amide bonds. The van der Waals surface area contributed by atoms with Crippen LogP contribution in [0.5, 0.6) is 5.75 Å². The van der Waals surface area contributed by atoms with E-state index in [-0.39, 0.29) is 13.0 Å². The number of carbonyl (C=O) groups is 1. The lowest BCUT2D eigenvalue weighted by Crippen LogP contribution is -2.12. The van der Waals surface area contributed by atoms with Gasteiger partial charge in [0.2, 0.25) is 0 Å². The van der Waals surface area contributed by atoms with Crippen molar-refractivity contribution >= 4 is 34.4 Å². The number of aryl methyl sites for hydroxylation is 1. The van der Waals surface area contributed by atoms with Gasteiger partial charge in [0.25, 0.3) is 0 Å². The lowest BCUT2D eigenvalue weighted by Gasteiger charge is -2.20. The number of aliphatic hydroxyl groups excluding tert-OH is 1. The van der Waals surface area contributed by atoms with Crippen molar-refractivity contribution in [1.82, 2.24) is 14.8 Å². The van der Waals surface area contributed by atoms with Gasteiger partial charge < -0.3 is 19.8 Å². The fraction of sp³-hybridized carbons (Fsp3) is 0.259. The van der Waals surface area contributed by atoms with Gasteiger partial charge in [-0.1, -0.05) is 18.2 Å². The summed E-state index contributed by atoms with van der Waals surface area (Å²) in [5, 5.41) is 29.0. The lowest BCUT2D eigenvalue weighted by atomic mass is 9.99. The molecule has 0 radical (unpaired) electrons. The molecule has 0 bridgehead atoms. The fourth-order valence-electron chi connectivity index (χ4n) is 4.59. The summed E-state index contributed by atoms with van der Waals surface area (Å²) >= 11 is 1.45. The van der Waals surface area contributed by atoms with Gasteiger partial charge in [-0.2, -0.15) is 0 Å². The van der Waals surface area contributed by atoms with Crippen LogP contribution in [0.15, 0.2) is 53.5 Å². The summed E-state index contributed by atoms with van der Waals surface area (Å²) in [4.78, 5) is 19.6. The molecule has 3 heterocycles. The van der Waals surface area contributed by atoms with E-state index in [9.17, 15) is 15.0 Å². The number of rotatable bonds is 7. The predicted octanol–water partition coefficient (Wildman–Crippen LogP) is 4.58. The summed E-state index contributed by atoms with van der Waals surface area (Å²) in [6, 6.07) is 15.1. The van der Waals surface area contributed by atoms with Gasteiger partial charge in [-0.05, 0) is 43.7 Å². The Balaban J connectivity index is 1.62. The lowest BCUT2D eigenvalue weighted by molar-refractivity contribution is -0.137. The van der Waals surface area contributed by atoms with Gasteiger partial charge in [0.15, 0.2) is 5.82 Å². The number of hydrogen-bond acceptors (Lipinski definition) is 8. The van der Waals surface area contributed by atoms with E-state index in [0.29, 0.717) is 17.4 Å². The smallest absolute Gasteiger partial charge is 0.306 e. The molecular weight excluding hydrogens is 490 g/mol. The molecule has 1 aliphatic heterocycles. The number of nitrogens with zero attached hydrogens (tertiary/aromatic N) is 5. The Bertz CT molecular complexity index is 1510. The van der Waals surface area contributed by atoms with Gasteiger partial charge in [0, 0.05) is 40.5 Å². The molecule has 2 aromatic heterocycles. The molecule has 190 valence electrons. The first kappa shape index (κ1) is 24.7. The van der Waals surface area contributed by atoms with Gasteiger partial charge in [0.1, 0.15) is 22.6 Å². The zero-order valence-corrected chi connectivity index (χ0v) is 21.8. The molecule has 0 spiro atoms. The van der Waals surface area contributed by atoms with E-state index in [2.05, 4.69) is 15.1 Å². The van der Waals surface area contributed by atoms with Crippen LogP contribution < -0.4 is 9.64 Å². The van der Waals surface area contributed by atoms with E-state index in [0.717, 1.165) is 43.7 Å². The second kappa shape index (κ2) is 9.79. The predicted molar refractivity (Wildman–Crippen MR) is 143 cm³/mol. The number of carboxylic acids is 1. The van der Waals surface area contributed by atoms with Crippen LogP contribution in [0.25, 0.3) is 5.00 Å². The van der Waals surface area contributed by atoms with Crippen LogP contribution in [0.4, 0.5) is 11.4 Å². The highest BCUT2D eigenvalue weighted by molar-refractivity contribution is 7.15. The maximum atomic E-state index is 11.7. The molecule has 2 N–H and O–H groups in total. The second-order valence-electron chi connectivity index (χ2n) is 8.83. The second-order valence-corrected chi connectivity index (χ2v) is 9.91. The van der Waals surface area contributed by atoms with Crippen LogP contribution in [-0.4, -0.2) is 50.8 Å². The number of benzene rings is 2. The summed E-state index contributed by atoms with van der Waals surface area (Å²) in [5.41, 5.74) is 5.25. The third kappa shape index (κ3) is 4.38. The van der Waals surface area contributed by atoms with Gasteiger partial charge in [0.05, 0.1) is 25.8 Å². The highest BCUT2D eigenvalue weighted by Crippen LogP contribution is 2.40. The Morgan fingerprint density at radius 1 is 1.14 bits per heavy atom. The Morgan fingerprint density at radius 3 is 2.57 bits per heavy atom. The first-order valence-corrected chi connectivity index (χ1v) is 12.6. The zero-order valence-electron chi connectivity index (χ0n) is 21.0. The maximum Gasteiger partial charge on any atom is 0.306 e. The molecule has 2 aromatic carbocycles. The normalized spacial score (nSPS) is 14.4. The molecule has 0 unspecified atom stereocenters. The fourth-order valence-corrected chi connectivity index (χ4v) is 5.81. The largest absolute Gasteiger partial charge is 0.497 e. The van der Waals surface area contributed by atoms with Gasteiger partial charge in [-0.3, -0.25) is 14.4 Å². The Morgan fingerprint density at radius 2 is 1.89 bits per heavy atom. The van der Waals surface area contributed by atoms with Crippen LogP contribution in [0, 0.1) is 13.8 Å². The number of methoxy groups -OCH3 is 1. The van der Waals surface area contributed by atoms with Crippen molar-refractivity contribution in [3.05, 3.63) is 81.7 Å². The monoisotopic (exact) mass is 517 g/mol. The first-order valence-electron chi connectivity index (χ1n) is 11.8. The van der Waals surface area contributed by atoms with E-state index in [1.165, 1.54) is 11.3 Å². The van der Waals surface area contributed by atoms with Crippen LogP contribution in [0.3, 0.4) is 0 Å². The van der Waals surface area contributed by atoms with Crippen LogP contribution >= 0.6 is 11.3 Å². The van der Waals surface area contributed by atoms with E-state index in [1.54, 1.807) is 7.11 Å². The van der Waals surface area contributed by atoms with Crippen LogP contribution in [0.1, 0.15) is 45.7 Å². The van der Waals surface area contributed by atoms with Crippen molar-refractivity contribution in [2.24, 2.45) is 4.99 Å². The number of carboxylic acid groups (broad SMARTS) is 1. The Labute approximate surface area is 218 Å². The molecule has 0 aliphatic carbocycles. The van der Waals surface area contributed by atoms with Crippen molar-refractivity contribution in [2.45, 2.75) is 32.9 Å². The highest BCUT2D eigenvalue weighted by Gasteiger charge is 2.32. The number of hydrogen-bond donors (Lipinski definition) is 2. The Hall–Kier alpha value is -4.02. The average Bonchev–Trinajstić information content (AvgIpc) is 3.40. The number of ether oxygens (including phenoxy) is 1. The average molecular weight is 518 g/mol. The molecule has 37 heavy (non-hydrogen) atoms. The number of aromatic nitrogens is 3. The number of fused-ring (bicyclic) bond motifs is 3. The number of aliphatic carboxylic acids is 1. The molecule has 9 nitrogen and oxygen atoms in total. The van der Waals surface area contributed by atoms with Gasteiger partial charge in [-0.15, -0.1) is 21.5 Å². The first-order chi connectivity index (χ1) is 17.8. The summed E-state index contributed by atoms with van der Waals surface area (Å²) < 4.78 is 7.24. The standard InChI is InChI=1S/C27H27N5O4S/c1-15-22(14-33)37-27-24(15)25(28-21(13-23(34)35)26-30-29-16(2)32(26)27)17-8-10-18(11-9-17)31(3)19-6-5-7-20(12-19)36-4/h5-12,21,33H,13-14H2,1-4H3,(H,34,35)/t21-/m0/s1. The van der Waals surface area contributed by atoms with E-state index >= 15 is 0 Å². The summed E-state index contributed by atoms with van der Waals surface area (Å²) in [7, 11) is 3.63. The summed E-state index contributed by atoms with van der Waals surface area (Å²) in [5.74, 6) is 0.939. The number of aliphatic imine (C=N–C) groups is 1. The van der Waals surface area contributed by atoms with Gasteiger partial charge >= 0.3 is 5.97 Å². The van der Waals surface area contributed by atoms with E-state index in [1.807, 2.05) is 74.0 Å². The minimum Gasteiger partial charge on any atom is -0.497 e. The van der Waals surface area contributed by atoms with Crippen molar-refractivity contribution in [3.8, 4) is 10.8 Å². The molecule has 0 saturated heterocycles. The molecular formula is C27H27N5O4S. The maximum absolute atomic E-state index is 11.7. The third-order valence-electron chi connectivity index (χ3n) is 6.58. The minimum absolute atomic E-state index is 0.101. The zero-order chi connectivity index (χ0) is 26.3. The van der Waals surface area contributed by atoms with Gasteiger partial charge in [-0.25, -0.2) is 0 Å². The molecule has 1 aliphatic rings. The minimum atomic E-state index is -0.964. The number of anilines is 2.